The van der Waals surface area contributed by atoms with Crippen LogP contribution in [0.2, 0.25) is 0 Å². The van der Waals surface area contributed by atoms with Gasteiger partial charge in [-0.3, -0.25) is 14.9 Å². The maximum Gasteiger partial charge on any atom is 0.343 e. The lowest BCUT2D eigenvalue weighted by molar-refractivity contribution is -0.384. The Morgan fingerprint density at radius 1 is 1.09 bits per heavy atom. The van der Waals surface area contributed by atoms with Gasteiger partial charge in [-0.2, -0.15) is 5.10 Å². The van der Waals surface area contributed by atoms with E-state index in [0.29, 0.717) is 11.3 Å². The highest BCUT2D eigenvalue weighted by Crippen LogP contribution is 2.27. The molecule has 0 saturated carbocycles. The van der Waals surface area contributed by atoms with E-state index in [9.17, 15) is 19.7 Å². The van der Waals surface area contributed by atoms with Crippen LogP contribution in [-0.4, -0.2) is 29.6 Å². The van der Waals surface area contributed by atoms with E-state index in [2.05, 4.69) is 24.4 Å². The zero-order valence-corrected chi connectivity index (χ0v) is 19.6. The quantitative estimate of drug-likeness (QED) is 0.156. The molecule has 0 aliphatic rings. The number of ether oxygens (including phenoxy) is 2. The molecule has 1 N–H and O–H groups in total. The lowest BCUT2D eigenvalue weighted by Crippen LogP contribution is -2.25. The first kappa shape index (κ1) is 25.1. The molecule has 0 radical (unpaired) electrons. The van der Waals surface area contributed by atoms with Crippen LogP contribution in [-0.2, 0) is 4.79 Å². The fourth-order valence-electron chi connectivity index (χ4n) is 3.14. The third-order valence-corrected chi connectivity index (χ3v) is 4.94. The Morgan fingerprint density at radius 3 is 2.51 bits per heavy atom. The summed E-state index contributed by atoms with van der Waals surface area (Å²) < 4.78 is 11.0. The van der Waals surface area contributed by atoms with E-state index in [1.807, 2.05) is 25.1 Å². The number of benzene rings is 3. The first-order valence-corrected chi connectivity index (χ1v) is 10.8. The third-order valence-electron chi connectivity index (χ3n) is 4.94. The second-order valence-electron chi connectivity index (χ2n) is 8.04. The standard InChI is InChI=1S/C26H25N3O6/c1-17(2)23-12-7-18(3)13-24(23)34-16-25(30)28-27-15-19-5-4-6-22(14-19)35-26(31)20-8-10-21(11-9-20)29(32)33/h4-15,17H,16H2,1-3H3,(H,28,30)/b27-15+. The van der Waals surface area contributed by atoms with Crippen LogP contribution in [0.5, 0.6) is 11.5 Å². The number of rotatable bonds is 9. The van der Waals surface area contributed by atoms with Crippen molar-refractivity contribution in [2.24, 2.45) is 5.10 Å². The number of hydrogen-bond acceptors (Lipinski definition) is 7. The number of non-ortho nitro benzene ring substituents is 1. The number of nitrogens with zero attached hydrogens (tertiary/aromatic N) is 2. The average molecular weight is 476 g/mol. The van der Waals surface area contributed by atoms with Crippen LogP contribution in [0.15, 0.2) is 71.8 Å². The molecule has 1 amide bonds. The Bertz CT molecular complexity index is 1250. The van der Waals surface area contributed by atoms with E-state index in [0.717, 1.165) is 11.1 Å². The molecule has 180 valence electrons. The van der Waals surface area contributed by atoms with Crippen molar-refractivity contribution in [1.29, 1.82) is 0 Å². The van der Waals surface area contributed by atoms with Crippen molar-refractivity contribution in [3.63, 3.8) is 0 Å². The van der Waals surface area contributed by atoms with E-state index in [4.69, 9.17) is 9.47 Å². The molecule has 0 spiro atoms. The lowest BCUT2D eigenvalue weighted by atomic mass is 10.0. The van der Waals surface area contributed by atoms with Crippen molar-refractivity contribution in [3.8, 4) is 11.5 Å². The minimum atomic E-state index is -0.656. The minimum Gasteiger partial charge on any atom is -0.483 e. The molecule has 3 aromatic carbocycles. The van der Waals surface area contributed by atoms with Gasteiger partial charge in [-0.25, -0.2) is 10.2 Å². The highest BCUT2D eigenvalue weighted by atomic mass is 16.6. The van der Waals surface area contributed by atoms with Crippen molar-refractivity contribution >= 4 is 23.8 Å². The van der Waals surface area contributed by atoms with Gasteiger partial charge in [-0.05, 0) is 59.9 Å². The molecular weight excluding hydrogens is 450 g/mol. The lowest BCUT2D eigenvalue weighted by Gasteiger charge is -2.14. The Kier molecular flexibility index (Phi) is 8.29. The van der Waals surface area contributed by atoms with Crippen molar-refractivity contribution in [1.82, 2.24) is 5.43 Å². The number of aryl methyl sites for hydroxylation is 1. The van der Waals surface area contributed by atoms with Gasteiger partial charge >= 0.3 is 5.97 Å². The maximum absolute atomic E-state index is 12.3. The number of hydrogen-bond donors (Lipinski definition) is 1. The first-order valence-electron chi connectivity index (χ1n) is 10.8. The van der Waals surface area contributed by atoms with E-state index >= 15 is 0 Å². The van der Waals surface area contributed by atoms with Gasteiger partial charge in [-0.1, -0.05) is 38.1 Å². The molecule has 0 heterocycles. The van der Waals surface area contributed by atoms with Crippen LogP contribution in [0, 0.1) is 17.0 Å². The predicted octanol–water partition coefficient (Wildman–Crippen LogP) is 4.77. The second-order valence-corrected chi connectivity index (χ2v) is 8.04. The Morgan fingerprint density at radius 2 is 1.83 bits per heavy atom. The Balaban J connectivity index is 1.54. The molecule has 9 nitrogen and oxygen atoms in total. The van der Waals surface area contributed by atoms with Crippen molar-refractivity contribution in [3.05, 3.63) is 99.1 Å². The van der Waals surface area contributed by atoms with Crippen LogP contribution < -0.4 is 14.9 Å². The molecule has 35 heavy (non-hydrogen) atoms. The summed E-state index contributed by atoms with van der Waals surface area (Å²) in [4.78, 5) is 34.6. The zero-order chi connectivity index (χ0) is 25.4. The van der Waals surface area contributed by atoms with Gasteiger partial charge in [0.1, 0.15) is 11.5 Å². The predicted molar refractivity (Wildman–Crippen MR) is 131 cm³/mol. The summed E-state index contributed by atoms with van der Waals surface area (Å²) in [7, 11) is 0. The van der Waals surface area contributed by atoms with E-state index in [1.54, 1.807) is 24.3 Å². The monoisotopic (exact) mass is 475 g/mol. The molecule has 0 bridgehead atoms. The normalized spacial score (nSPS) is 10.9. The fourth-order valence-corrected chi connectivity index (χ4v) is 3.14. The number of nitro groups is 1. The van der Waals surface area contributed by atoms with Crippen molar-refractivity contribution < 1.29 is 24.0 Å². The van der Waals surface area contributed by atoms with Crippen LogP contribution in [0.25, 0.3) is 0 Å². The summed E-state index contributed by atoms with van der Waals surface area (Å²) >= 11 is 0. The molecular formula is C26H25N3O6. The summed E-state index contributed by atoms with van der Waals surface area (Å²) in [6.07, 6.45) is 1.41. The van der Waals surface area contributed by atoms with Crippen LogP contribution in [0.1, 0.15) is 46.8 Å². The number of esters is 1. The number of amides is 1. The van der Waals surface area contributed by atoms with Gasteiger partial charge < -0.3 is 9.47 Å². The van der Waals surface area contributed by atoms with Crippen molar-refractivity contribution in [2.45, 2.75) is 26.7 Å². The number of carbonyl (C=O) groups is 2. The number of nitro benzene ring substituents is 1. The smallest absolute Gasteiger partial charge is 0.343 e. The molecule has 0 fully saturated rings. The molecule has 3 rings (SSSR count). The number of hydrazone groups is 1. The summed E-state index contributed by atoms with van der Waals surface area (Å²) in [6.45, 7) is 5.88. The first-order chi connectivity index (χ1) is 16.7. The zero-order valence-electron chi connectivity index (χ0n) is 19.6. The van der Waals surface area contributed by atoms with Gasteiger partial charge in [0.25, 0.3) is 11.6 Å². The molecule has 0 saturated heterocycles. The molecule has 9 heteroatoms. The Hall–Kier alpha value is -4.53. The highest BCUT2D eigenvalue weighted by Gasteiger charge is 2.12. The largest absolute Gasteiger partial charge is 0.483 e. The SMILES string of the molecule is Cc1ccc(C(C)C)c(OCC(=O)N/N=C/c2cccc(OC(=O)c3ccc([N+](=O)[O-])cc3)c2)c1. The topological polar surface area (TPSA) is 120 Å². The van der Waals surface area contributed by atoms with Crippen molar-refractivity contribution in [2.75, 3.05) is 6.61 Å². The molecule has 0 unspecified atom stereocenters. The van der Waals surface area contributed by atoms with E-state index in [1.165, 1.54) is 30.5 Å². The fraction of sp³-hybridized carbons (Fsp3) is 0.192. The second kappa shape index (κ2) is 11.6. The summed E-state index contributed by atoms with van der Waals surface area (Å²) in [6, 6.07) is 17.5. The third kappa shape index (κ3) is 7.23. The van der Waals surface area contributed by atoms with E-state index in [-0.39, 0.29) is 29.5 Å². The molecule has 0 aromatic heterocycles. The van der Waals surface area contributed by atoms with Crippen LogP contribution in [0.3, 0.4) is 0 Å². The molecule has 0 aliphatic heterocycles. The number of nitrogens with one attached hydrogen (secondary N) is 1. The van der Waals surface area contributed by atoms with Gasteiger partial charge in [0, 0.05) is 12.1 Å². The van der Waals surface area contributed by atoms with Crippen LogP contribution >= 0.6 is 0 Å². The molecule has 3 aromatic rings. The minimum absolute atomic E-state index is 0.119. The summed E-state index contributed by atoms with van der Waals surface area (Å²) in [5.74, 6) is 0.109. The molecule has 0 aliphatic carbocycles. The molecule has 0 atom stereocenters. The Labute approximate surface area is 202 Å². The maximum atomic E-state index is 12.3. The average Bonchev–Trinajstić information content (AvgIpc) is 2.83. The van der Waals surface area contributed by atoms with Gasteiger partial charge in [0.15, 0.2) is 6.61 Å². The van der Waals surface area contributed by atoms with E-state index < -0.39 is 16.8 Å². The van der Waals surface area contributed by atoms with Crippen LogP contribution in [0.4, 0.5) is 5.69 Å². The van der Waals surface area contributed by atoms with Gasteiger partial charge in [-0.15, -0.1) is 0 Å². The summed E-state index contributed by atoms with van der Waals surface area (Å²) in [5, 5.41) is 14.7. The summed E-state index contributed by atoms with van der Waals surface area (Å²) in [5.41, 5.74) is 5.11. The number of carbonyl (C=O) groups excluding carboxylic acids is 2. The van der Waals surface area contributed by atoms with Gasteiger partial charge in [0.05, 0.1) is 16.7 Å². The highest BCUT2D eigenvalue weighted by molar-refractivity contribution is 5.91. The van der Waals surface area contributed by atoms with Gasteiger partial charge in [0.2, 0.25) is 0 Å².